The van der Waals surface area contributed by atoms with Gasteiger partial charge in [0.25, 0.3) is 5.56 Å². The molecule has 0 saturated carbocycles. The minimum Gasteiger partial charge on any atom is -0.493 e. The van der Waals surface area contributed by atoms with Crippen LogP contribution < -0.4 is 25.4 Å². The number of carbonyl (C=O) groups is 2. The Morgan fingerprint density at radius 2 is 1.84 bits per heavy atom. The summed E-state index contributed by atoms with van der Waals surface area (Å²) in [6, 6.07) is 13.2. The van der Waals surface area contributed by atoms with E-state index in [1.807, 2.05) is 44.2 Å². The van der Waals surface area contributed by atoms with Crippen molar-refractivity contribution in [1.82, 2.24) is 14.9 Å². The van der Waals surface area contributed by atoms with Crippen molar-refractivity contribution in [3.63, 3.8) is 0 Å². The summed E-state index contributed by atoms with van der Waals surface area (Å²) in [5, 5.41) is 4.05. The van der Waals surface area contributed by atoms with Crippen LogP contribution in [0.1, 0.15) is 44.2 Å². The van der Waals surface area contributed by atoms with Gasteiger partial charge in [-0.1, -0.05) is 0 Å². The average molecular weight is 586 g/mol. The summed E-state index contributed by atoms with van der Waals surface area (Å²) >= 11 is 0. The minimum atomic E-state index is -1.14. The molecule has 0 unspecified atom stereocenters. The predicted octanol–water partition coefficient (Wildman–Crippen LogP) is 4.45. The molecule has 0 bridgehead atoms. The van der Waals surface area contributed by atoms with E-state index in [0.717, 1.165) is 30.0 Å². The molecule has 2 amide bonds. The van der Waals surface area contributed by atoms with Crippen LogP contribution in [0.5, 0.6) is 5.75 Å². The first-order chi connectivity index (χ1) is 20.6. The molecule has 10 nitrogen and oxygen atoms in total. The smallest absolute Gasteiger partial charge is 0.261 e. The van der Waals surface area contributed by atoms with Gasteiger partial charge in [0.2, 0.25) is 11.8 Å². The maximum Gasteiger partial charge on any atom is 0.261 e. The Morgan fingerprint density at radius 1 is 1.02 bits per heavy atom. The first-order valence-electron chi connectivity index (χ1n) is 14.7. The Balaban J connectivity index is 1.10. The summed E-state index contributed by atoms with van der Waals surface area (Å²) in [5.74, 6) is 0.935. The van der Waals surface area contributed by atoms with Crippen molar-refractivity contribution < 1.29 is 18.7 Å². The van der Waals surface area contributed by atoms with Gasteiger partial charge in [-0.25, -0.2) is 0 Å². The minimum absolute atomic E-state index is 0.0530. The number of benzene rings is 1. The molecule has 1 aliphatic heterocycles. The third-order valence-corrected chi connectivity index (χ3v) is 7.90. The first-order valence-corrected chi connectivity index (χ1v) is 14.7. The zero-order chi connectivity index (χ0) is 30.7. The van der Waals surface area contributed by atoms with Crippen LogP contribution in [0.25, 0.3) is 11.0 Å². The normalized spacial score (nSPS) is 14.7. The summed E-state index contributed by atoms with van der Waals surface area (Å²) in [5.41, 5.74) is 2.84. The lowest BCUT2D eigenvalue weighted by Gasteiger charge is -2.27. The molecular weight excluding hydrogens is 546 g/mol. The van der Waals surface area contributed by atoms with Crippen LogP contribution in [0.4, 0.5) is 11.4 Å². The highest BCUT2D eigenvalue weighted by molar-refractivity contribution is 6.20. The summed E-state index contributed by atoms with van der Waals surface area (Å²) in [7, 11) is 1.70. The summed E-state index contributed by atoms with van der Waals surface area (Å²) < 4.78 is 13.3. The molecular formula is C33H39N5O5. The van der Waals surface area contributed by atoms with Gasteiger partial charge in [-0.15, -0.1) is 0 Å². The average Bonchev–Trinajstić information content (AvgIpc) is 3.38. The number of pyridine rings is 2. The van der Waals surface area contributed by atoms with Crippen molar-refractivity contribution in [2.45, 2.75) is 53.6 Å². The largest absolute Gasteiger partial charge is 0.493 e. The van der Waals surface area contributed by atoms with Crippen LogP contribution in [0.2, 0.25) is 0 Å². The molecule has 0 spiro atoms. The molecule has 1 aromatic carbocycles. The van der Waals surface area contributed by atoms with E-state index >= 15 is 0 Å². The lowest BCUT2D eigenvalue weighted by Crippen LogP contribution is -2.47. The number of furan rings is 1. The fourth-order valence-electron chi connectivity index (χ4n) is 5.48. The monoisotopic (exact) mass is 585 g/mol. The number of hydrogen-bond donors (Lipinski definition) is 1. The number of nitrogens with zero attached hydrogens (tertiary/aromatic N) is 4. The highest BCUT2D eigenvalue weighted by Gasteiger charge is 2.45. The maximum absolute atomic E-state index is 13.1. The Morgan fingerprint density at radius 3 is 2.63 bits per heavy atom. The fraction of sp³-hybridized carbons (Fsp3) is 0.394. The molecule has 3 aromatic heterocycles. The van der Waals surface area contributed by atoms with E-state index < -0.39 is 5.41 Å². The lowest BCUT2D eigenvalue weighted by molar-refractivity contribution is -0.137. The van der Waals surface area contributed by atoms with Gasteiger partial charge < -0.3 is 28.8 Å². The number of ether oxygens (including phenoxy) is 1. The van der Waals surface area contributed by atoms with Crippen molar-refractivity contribution in [3.05, 3.63) is 82.2 Å². The zero-order valence-corrected chi connectivity index (χ0v) is 25.5. The standard InChI is InChI=1S/C33H39N5O5/c1-6-38-27-9-8-25(20-28(27)36(5)31(40)33(3,4)32(38)41)42-17-7-13-34-21-23-10-14-35-24(19-23)11-15-37-16-12-29-26(30(37)39)18-22(2)43-29/h8-10,12,14,16,18-20,34H,6-7,11,13,15,17,21H2,1-5H3. The van der Waals surface area contributed by atoms with Crippen LogP contribution >= 0.6 is 0 Å². The molecule has 1 aliphatic rings. The quantitative estimate of drug-likeness (QED) is 0.205. The molecule has 43 heavy (non-hydrogen) atoms. The summed E-state index contributed by atoms with van der Waals surface area (Å²) in [6.07, 6.45) is 5.00. The molecule has 4 heterocycles. The number of aromatic nitrogens is 2. The third kappa shape index (κ3) is 6.19. The van der Waals surface area contributed by atoms with Crippen molar-refractivity contribution in [2.24, 2.45) is 5.41 Å². The molecule has 0 atom stereocenters. The molecule has 0 saturated heterocycles. The van der Waals surface area contributed by atoms with Crippen molar-refractivity contribution >= 4 is 34.2 Å². The Labute approximate surface area is 251 Å². The molecule has 10 heteroatoms. The SMILES string of the molecule is CCN1C(=O)C(C)(C)C(=O)N(C)c2cc(OCCCNCc3ccnc(CCn4ccc5oc(C)cc5c4=O)c3)ccc21. The van der Waals surface area contributed by atoms with E-state index in [1.165, 1.54) is 0 Å². The molecule has 226 valence electrons. The van der Waals surface area contributed by atoms with Crippen LogP contribution in [-0.4, -0.2) is 48.1 Å². The number of aryl methyl sites for hydroxylation is 3. The zero-order valence-electron chi connectivity index (χ0n) is 25.5. The summed E-state index contributed by atoms with van der Waals surface area (Å²) in [4.78, 5) is 46.6. The topological polar surface area (TPSA) is 110 Å². The van der Waals surface area contributed by atoms with Gasteiger partial charge in [0.05, 0.1) is 23.4 Å². The van der Waals surface area contributed by atoms with Crippen LogP contribution in [-0.2, 0) is 29.1 Å². The number of anilines is 2. The molecule has 0 aliphatic carbocycles. The fourth-order valence-corrected chi connectivity index (χ4v) is 5.48. The van der Waals surface area contributed by atoms with Gasteiger partial charge in [0.1, 0.15) is 22.5 Å². The molecule has 1 N–H and O–H groups in total. The third-order valence-electron chi connectivity index (χ3n) is 7.90. The molecule has 0 radical (unpaired) electrons. The highest BCUT2D eigenvalue weighted by atomic mass is 16.5. The highest BCUT2D eigenvalue weighted by Crippen LogP contribution is 2.40. The molecule has 4 aromatic rings. The molecule has 5 rings (SSSR count). The van der Waals surface area contributed by atoms with E-state index in [0.29, 0.717) is 60.8 Å². The second-order valence-electron chi connectivity index (χ2n) is 11.4. The van der Waals surface area contributed by atoms with Crippen LogP contribution in [0.15, 0.2) is 64.1 Å². The summed E-state index contributed by atoms with van der Waals surface area (Å²) in [6.45, 7) is 10.1. The van der Waals surface area contributed by atoms with Gasteiger partial charge in [-0.3, -0.25) is 19.4 Å². The van der Waals surface area contributed by atoms with Crippen LogP contribution in [0, 0.1) is 12.3 Å². The number of nitrogens with one attached hydrogen (secondary N) is 1. The number of amides is 2. The van der Waals surface area contributed by atoms with E-state index in [-0.39, 0.29) is 17.4 Å². The van der Waals surface area contributed by atoms with Gasteiger partial charge >= 0.3 is 0 Å². The Bertz CT molecular complexity index is 1710. The lowest BCUT2D eigenvalue weighted by atomic mass is 9.90. The van der Waals surface area contributed by atoms with E-state index in [9.17, 15) is 14.4 Å². The number of carbonyl (C=O) groups excluding carboxylic acids is 2. The van der Waals surface area contributed by atoms with Gasteiger partial charge in [0.15, 0.2) is 0 Å². The van der Waals surface area contributed by atoms with E-state index in [1.54, 1.807) is 53.7 Å². The Hall–Kier alpha value is -4.44. The van der Waals surface area contributed by atoms with Crippen molar-refractivity contribution in [3.8, 4) is 5.75 Å². The van der Waals surface area contributed by atoms with Crippen molar-refractivity contribution in [1.29, 1.82) is 0 Å². The molecule has 0 fully saturated rings. The number of hydrogen-bond acceptors (Lipinski definition) is 7. The number of fused-ring (bicyclic) bond motifs is 2. The second-order valence-corrected chi connectivity index (χ2v) is 11.4. The van der Waals surface area contributed by atoms with Crippen LogP contribution in [0.3, 0.4) is 0 Å². The van der Waals surface area contributed by atoms with Crippen molar-refractivity contribution in [2.75, 3.05) is 36.5 Å². The van der Waals surface area contributed by atoms with Gasteiger partial charge in [-0.05, 0) is 82.6 Å². The predicted molar refractivity (Wildman–Crippen MR) is 167 cm³/mol. The maximum atomic E-state index is 13.1. The number of rotatable bonds is 11. The van der Waals surface area contributed by atoms with E-state index in [2.05, 4.69) is 16.4 Å². The van der Waals surface area contributed by atoms with Gasteiger partial charge in [-0.2, -0.15) is 0 Å². The van der Waals surface area contributed by atoms with E-state index in [4.69, 9.17) is 9.15 Å². The second kappa shape index (κ2) is 12.4. The first kappa shape index (κ1) is 30.0. The Kier molecular flexibility index (Phi) is 8.68. The van der Waals surface area contributed by atoms with Gasteiger partial charge in [0, 0.05) is 57.3 Å².